The Hall–Kier alpha value is -1.30. The van der Waals surface area contributed by atoms with Crippen molar-refractivity contribution in [2.24, 2.45) is 5.92 Å². The van der Waals surface area contributed by atoms with Gasteiger partial charge in [0.1, 0.15) is 0 Å². The summed E-state index contributed by atoms with van der Waals surface area (Å²) in [5.74, 6) is 0.709. The van der Waals surface area contributed by atoms with E-state index in [4.69, 9.17) is 0 Å². The maximum Gasteiger partial charge on any atom is -0.0276 e. The third-order valence-electron chi connectivity index (χ3n) is 2.68. The molecule has 0 amide bonds. The lowest BCUT2D eigenvalue weighted by Crippen LogP contribution is -2.00. The summed E-state index contributed by atoms with van der Waals surface area (Å²) in [6, 6.07) is 10.7. The Kier molecular flexibility index (Phi) is 5.54. The molecule has 0 atom stereocenters. The van der Waals surface area contributed by atoms with Gasteiger partial charge in [-0.1, -0.05) is 42.5 Å². The van der Waals surface area contributed by atoms with Gasteiger partial charge in [0.15, 0.2) is 0 Å². The first-order valence-corrected chi connectivity index (χ1v) is 5.62. The average Bonchev–Trinajstić information content (AvgIpc) is 2.28. The number of allylic oxidation sites excluding steroid dienone is 2. The zero-order chi connectivity index (χ0) is 10.9. The highest BCUT2D eigenvalue weighted by Crippen LogP contribution is 2.17. The second kappa shape index (κ2) is 7.05. The quantitative estimate of drug-likeness (QED) is 0.573. The third-order valence-corrected chi connectivity index (χ3v) is 2.68. The predicted molar refractivity (Wildman–Crippen MR) is 67.9 cm³/mol. The molecule has 0 nitrogen and oxygen atoms in total. The summed E-state index contributed by atoms with van der Waals surface area (Å²) in [7, 11) is 0. The summed E-state index contributed by atoms with van der Waals surface area (Å²) in [6.07, 6.45) is 8.60. The van der Waals surface area contributed by atoms with E-state index < -0.39 is 0 Å². The van der Waals surface area contributed by atoms with E-state index in [9.17, 15) is 0 Å². The van der Waals surface area contributed by atoms with Gasteiger partial charge in [0.2, 0.25) is 0 Å². The minimum atomic E-state index is 0.709. The van der Waals surface area contributed by atoms with E-state index in [-0.39, 0.29) is 0 Å². The summed E-state index contributed by atoms with van der Waals surface area (Å²) in [4.78, 5) is 0. The average molecular weight is 200 g/mol. The Balaban J connectivity index is 2.39. The standard InChI is InChI=1S/C15H20/c1-3-8-14(9-4-2)12-13-15-10-6-5-7-11-15/h3-7,10-11,14H,1-2,8-9,12-13H2. The largest absolute Gasteiger partial charge is 0.103 e. The highest BCUT2D eigenvalue weighted by atomic mass is 14.1. The van der Waals surface area contributed by atoms with Gasteiger partial charge in [0, 0.05) is 0 Å². The number of benzene rings is 1. The molecule has 0 aliphatic heterocycles. The van der Waals surface area contributed by atoms with Crippen LogP contribution in [0.3, 0.4) is 0 Å². The van der Waals surface area contributed by atoms with Gasteiger partial charge in [0.25, 0.3) is 0 Å². The summed E-state index contributed by atoms with van der Waals surface area (Å²) < 4.78 is 0. The molecule has 0 saturated heterocycles. The van der Waals surface area contributed by atoms with Gasteiger partial charge in [-0.2, -0.15) is 0 Å². The molecule has 0 N–H and O–H groups in total. The van der Waals surface area contributed by atoms with Crippen LogP contribution in [0.4, 0.5) is 0 Å². The molecule has 1 rings (SSSR count). The molecule has 80 valence electrons. The van der Waals surface area contributed by atoms with Crippen molar-refractivity contribution in [3.05, 3.63) is 61.2 Å². The lowest BCUT2D eigenvalue weighted by Gasteiger charge is -2.12. The molecule has 0 radical (unpaired) electrons. The predicted octanol–water partition coefficient (Wildman–Crippen LogP) is 4.39. The SMILES string of the molecule is C=CCC(CC=C)CCc1ccccc1. The Morgan fingerprint density at radius 3 is 2.13 bits per heavy atom. The first-order valence-electron chi connectivity index (χ1n) is 5.62. The van der Waals surface area contributed by atoms with Crippen LogP contribution in [0.5, 0.6) is 0 Å². The van der Waals surface area contributed by atoms with Crippen molar-refractivity contribution in [3.8, 4) is 0 Å². The van der Waals surface area contributed by atoms with E-state index in [1.807, 2.05) is 12.2 Å². The van der Waals surface area contributed by atoms with Crippen molar-refractivity contribution >= 4 is 0 Å². The molecular formula is C15H20. The van der Waals surface area contributed by atoms with Gasteiger partial charge in [-0.25, -0.2) is 0 Å². The molecular weight excluding hydrogens is 180 g/mol. The maximum absolute atomic E-state index is 3.80. The Labute approximate surface area is 93.3 Å². The Morgan fingerprint density at radius 1 is 1.00 bits per heavy atom. The molecule has 0 heteroatoms. The minimum Gasteiger partial charge on any atom is -0.103 e. The van der Waals surface area contributed by atoms with Gasteiger partial charge in [-0.15, -0.1) is 13.2 Å². The molecule has 15 heavy (non-hydrogen) atoms. The lowest BCUT2D eigenvalue weighted by atomic mass is 9.93. The molecule has 0 saturated carbocycles. The lowest BCUT2D eigenvalue weighted by molar-refractivity contribution is 0.499. The van der Waals surface area contributed by atoms with Gasteiger partial charge in [0.05, 0.1) is 0 Å². The van der Waals surface area contributed by atoms with Crippen LogP contribution in [0.15, 0.2) is 55.6 Å². The molecule has 0 aliphatic carbocycles. The summed E-state index contributed by atoms with van der Waals surface area (Å²) in [5, 5.41) is 0. The van der Waals surface area contributed by atoms with Crippen molar-refractivity contribution < 1.29 is 0 Å². The normalized spacial score (nSPS) is 10.2. The van der Waals surface area contributed by atoms with Gasteiger partial charge >= 0.3 is 0 Å². The number of rotatable bonds is 7. The molecule has 0 heterocycles. The van der Waals surface area contributed by atoms with E-state index in [1.54, 1.807) is 0 Å². The number of hydrogen-bond donors (Lipinski definition) is 0. The van der Waals surface area contributed by atoms with Crippen molar-refractivity contribution in [3.63, 3.8) is 0 Å². The molecule has 0 spiro atoms. The minimum absolute atomic E-state index is 0.709. The van der Waals surface area contributed by atoms with Crippen molar-refractivity contribution in [1.82, 2.24) is 0 Å². The van der Waals surface area contributed by atoms with E-state index in [0.717, 1.165) is 19.3 Å². The second-order valence-electron chi connectivity index (χ2n) is 3.94. The Bertz CT molecular complexity index is 274. The van der Waals surface area contributed by atoms with Gasteiger partial charge < -0.3 is 0 Å². The van der Waals surface area contributed by atoms with Crippen LogP contribution in [-0.4, -0.2) is 0 Å². The maximum atomic E-state index is 3.80. The van der Waals surface area contributed by atoms with Crippen LogP contribution in [0, 0.1) is 5.92 Å². The molecule has 0 unspecified atom stereocenters. The van der Waals surface area contributed by atoms with Gasteiger partial charge in [-0.05, 0) is 37.2 Å². The van der Waals surface area contributed by atoms with Gasteiger partial charge in [-0.3, -0.25) is 0 Å². The first-order chi connectivity index (χ1) is 7.36. The second-order valence-corrected chi connectivity index (χ2v) is 3.94. The highest BCUT2D eigenvalue weighted by Gasteiger charge is 2.04. The van der Waals surface area contributed by atoms with E-state index >= 15 is 0 Å². The van der Waals surface area contributed by atoms with Crippen LogP contribution in [0.1, 0.15) is 24.8 Å². The van der Waals surface area contributed by atoms with E-state index in [0.29, 0.717) is 5.92 Å². The summed E-state index contributed by atoms with van der Waals surface area (Å²) in [6.45, 7) is 7.61. The van der Waals surface area contributed by atoms with Crippen LogP contribution < -0.4 is 0 Å². The summed E-state index contributed by atoms with van der Waals surface area (Å²) >= 11 is 0. The topological polar surface area (TPSA) is 0 Å². The third kappa shape index (κ3) is 4.64. The smallest absolute Gasteiger partial charge is 0.0276 e. The van der Waals surface area contributed by atoms with Crippen molar-refractivity contribution in [2.45, 2.75) is 25.7 Å². The number of hydrogen-bond acceptors (Lipinski definition) is 0. The molecule has 0 aromatic heterocycles. The van der Waals surface area contributed by atoms with E-state index in [2.05, 4.69) is 43.5 Å². The highest BCUT2D eigenvalue weighted by molar-refractivity contribution is 5.14. The molecule has 0 fully saturated rings. The summed E-state index contributed by atoms with van der Waals surface area (Å²) in [5.41, 5.74) is 1.43. The zero-order valence-electron chi connectivity index (χ0n) is 9.36. The molecule has 0 aliphatic rings. The fourth-order valence-electron chi connectivity index (χ4n) is 1.82. The van der Waals surface area contributed by atoms with Crippen LogP contribution in [0.2, 0.25) is 0 Å². The fourth-order valence-corrected chi connectivity index (χ4v) is 1.82. The van der Waals surface area contributed by atoms with Crippen molar-refractivity contribution in [1.29, 1.82) is 0 Å². The van der Waals surface area contributed by atoms with Crippen molar-refractivity contribution in [2.75, 3.05) is 0 Å². The monoisotopic (exact) mass is 200 g/mol. The zero-order valence-corrected chi connectivity index (χ0v) is 9.36. The molecule has 1 aromatic carbocycles. The van der Waals surface area contributed by atoms with Crippen LogP contribution in [-0.2, 0) is 6.42 Å². The fraction of sp³-hybridized carbons (Fsp3) is 0.333. The first kappa shape index (κ1) is 11.8. The number of aryl methyl sites for hydroxylation is 1. The molecule has 0 bridgehead atoms. The molecule has 1 aromatic rings. The van der Waals surface area contributed by atoms with Crippen LogP contribution in [0.25, 0.3) is 0 Å². The van der Waals surface area contributed by atoms with Crippen LogP contribution >= 0.6 is 0 Å². The Morgan fingerprint density at radius 2 is 1.60 bits per heavy atom. The van der Waals surface area contributed by atoms with E-state index in [1.165, 1.54) is 12.0 Å².